The molecule has 0 spiro atoms. The fourth-order valence-electron chi connectivity index (χ4n) is 3.33. The van der Waals surface area contributed by atoms with Crippen LogP contribution in [0.2, 0.25) is 0 Å². The molecule has 1 aliphatic rings. The molecule has 8 nitrogen and oxygen atoms in total. The van der Waals surface area contributed by atoms with Crippen LogP contribution in [-0.2, 0) is 24.3 Å². The quantitative estimate of drug-likeness (QED) is 0.463. The van der Waals surface area contributed by atoms with Crippen LogP contribution in [0.15, 0.2) is 35.2 Å². The maximum absolute atomic E-state index is 15.1. The van der Waals surface area contributed by atoms with E-state index in [-0.39, 0.29) is 28.2 Å². The molecule has 0 bridgehead atoms. The number of nitrogens with zero attached hydrogens (tertiary/aromatic N) is 1. The van der Waals surface area contributed by atoms with Crippen molar-refractivity contribution in [3.05, 3.63) is 52.8 Å². The van der Waals surface area contributed by atoms with Crippen molar-refractivity contribution >= 4 is 37.8 Å². The second-order valence-corrected chi connectivity index (χ2v) is 9.45. The van der Waals surface area contributed by atoms with E-state index in [0.717, 1.165) is 32.0 Å². The Balaban J connectivity index is 2.22. The van der Waals surface area contributed by atoms with Crippen LogP contribution in [0.4, 0.5) is 8.78 Å². The summed E-state index contributed by atoms with van der Waals surface area (Å²) in [6, 6.07) is 7.24. The first-order valence-corrected chi connectivity index (χ1v) is 11.4. The van der Waals surface area contributed by atoms with Crippen LogP contribution in [-0.4, -0.2) is 26.5 Å². The summed E-state index contributed by atoms with van der Waals surface area (Å²) in [6.45, 7) is 2.02. The molecular formula is C20H15BrF2N2O6S. The van der Waals surface area contributed by atoms with Gasteiger partial charge in [-0.3, -0.25) is 9.59 Å². The first-order valence-electron chi connectivity index (χ1n) is 8.98. The molecule has 0 saturated heterocycles. The molecule has 3 atom stereocenters. The number of carbonyl (C=O) groups excluding carboxylic acids is 2. The number of rotatable bonds is 5. The number of benzene rings is 2. The van der Waals surface area contributed by atoms with Crippen molar-refractivity contribution in [2.24, 2.45) is 0 Å². The summed E-state index contributed by atoms with van der Waals surface area (Å²) < 4.78 is 66.8. The van der Waals surface area contributed by atoms with Crippen LogP contribution in [0.1, 0.15) is 41.5 Å². The molecule has 1 aliphatic carbocycles. The van der Waals surface area contributed by atoms with E-state index in [1.165, 1.54) is 12.1 Å². The highest BCUT2D eigenvalue weighted by molar-refractivity contribution is 9.09. The van der Waals surface area contributed by atoms with Gasteiger partial charge in [0.25, 0.3) is 10.0 Å². The second kappa shape index (κ2) is 8.84. The van der Waals surface area contributed by atoms with Crippen molar-refractivity contribution in [3.63, 3.8) is 0 Å². The van der Waals surface area contributed by atoms with Gasteiger partial charge in [-0.2, -0.15) is 5.26 Å². The highest BCUT2D eigenvalue weighted by atomic mass is 79.9. The minimum atomic E-state index is -4.44. The number of carbonyl (C=O) groups is 2. The first-order chi connectivity index (χ1) is 14.9. The smallest absolute Gasteiger partial charge is 0.303 e. The number of hydrogen-bond donors (Lipinski definition) is 1. The summed E-state index contributed by atoms with van der Waals surface area (Å²) in [7, 11) is -4.44. The summed E-state index contributed by atoms with van der Waals surface area (Å²) in [6.07, 6.45) is -3.51. The minimum absolute atomic E-state index is 0.00190. The second-order valence-electron chi connectivity index (χ2n) is 6.82. The maximum Gasteiger partial charge on any atom is 0.303 e. The number of hydrogen-bond acceptors (Lipinski definition) is 7. The van der Waals surface area contributed by atoms with E-state index >= 15 is 4.39 Å². The molecule has 0 fully saturated rings. The Labute approximate surface area is 190 Å². The average molecular weight is 529 g/mol. The minimum Gasteiger partial charge on any atom is -0.457 e. The van der Waals surface area contributed by atoms with Crippen molar-refractivity contribution < 1.29 is 36.3 Å². The third-order valence-corrected chi connectivity index (χ3v) is 6.88. The summed E-state index contributed by atoms with van der Waals surface area (Å²) in [5.74, 6) is -2.64. The Morgan fingerprint density at radius 2 is 1.88 bits per heavy atom. The molecule has 32 heavy (non-hydrogen) atoms. The zero-order chi connectivity index (χ0) is 23.8. The number of halogens is 3. The fraction of sp³-hybridized carbons (Fsp3) is 0.250. The van der Waals surface area contributed by atoms with Gasteiger partial charge in [0.1, 0.15) is 17.3 Å². The number of esters is 1. The van der Waals surface area contributed by atoms with Crippen LogP contribution in [0.25, 0.3) is 0 Å². The van der Waals surface area contributed by atoms with E-state index in [1.807, 2.05) is 0 Å². The van der Waals surface area contributed by atoms with Crippen molar-refractivity contribution in [2.75, 3.05) is 0 Å². The van der Waals surface area contributed by atoms with E-state index in [4.69, 9.17) is 14.7 Å². The molecule has 0 heterocycles. The van der Waals surface area contributed by atoms with Crippen LogP contribution >= 0.6 is 15.9 Å². The Bertz CT molecular complexity index is 1260. The van der Waals surface area contributed by atoms with E-state index in [2.05, 4.69) is 15.9 Å². The number of alkyl halides is 2. The molecule has 1 unspecified atom stereocenters. The number of ether oxygens (including phenoxy) is 2. The van der Waals surface area contributed by atoms with Crippen LogP contribution in [0.3, 0.4) is 0 Å². The number of fused-ring (bicyclic) bond motifs is 1. The van der Waals surface area contributed by atoms with Crippen molar-refractivity contribution in [3.8, 4) is 17.6 Å². The maximum atomic E-state index is 15.1. The lowest BCUT2D eigenvalue weighted by atomic mass is 10.1. The lowest BCUT2D eigenvalue weighted by Gasteiger charge is -2.18. The zero-order valence-electron chi connectivity index (χ0n) is 16.6. The molecule has 3 rings (SSSR count). The third kappa shape index (κ3) is 4.58. The number of amides is 1. The van der Waals surface area contributed by atoms with Gasteiger partial charge in [-0.15, -0.1) is 0 Å². The molecule has 0 saturated carbocycles. The van der Waals surface area contributed by atoms with Gasteiger partial charge in [-0.1, -0.05) is 15.9 Å². The Kier molecular flexibility index (Phi) is 6.52. The monoisotopic (exact) mass is 528 g/mol. The highest BCUT2D eigenvalue weighted by Crippen LogP contribution is 2.54. The number of nitriles is 1. The molecular weight excluding hydrogens is 514 g/mol. The molecule has 2 aromatic carbocycles. The molecule has 2 aromatic rings. The van der Waals surface area contributed by atoms with E-state index in [0.29, 0.717) is 0 Å². The SMILES string of the molecule is CC(=O)NS(=O)(=O)c1ccc(Oc2cc(F)cc(C#N)c2)c2c1[C@H](OC(C)=O)[C@H](F)C2Br. The lowest BCUT2D eigenvalue weighted by molar-refractivity contribution is -0.149. The molecule has 0 aliphatic heterocycles. The fourth-order valence-corrected chi connectivity index (χ4v) is 5.33. The van der Waals surface area contributed by atoms with E-state index in [9.17, 15) is 22.4 Å². The van der Waals surface area contributed by atoms with E-state index in [1.54, 1.807) is 10.8 Å². The predicted molar refractivity (Wildman–Crippen MR) is 110 cm³/mol. The van der Waals surface area contributed by atoms with Gasteiger partial charge in [0.15, 0.2) is 12.3 Å². The molecule has 1 N–H and O–H groups in total. The number of sulfonamides is 1. The van der Waals surface area contributed by atoms with Gasteiger partial charge >= 0.3 is 5.97 Å². The normalized spacial score (nSPS) is 19.6. The Hall–Kier alpha value is -3.04. The standard InChI is InChI=1S/C20H15BrF2N2O6S/c1-9(26)25-32(28,29)15-4-3-14(31-13-6-11(8-24)5-12(22)7-13)16-17(15)20(30-10(2)27)19(23)18(16)21/h3-7,18-20H,1-2H3,(H,25,26)/t18?,19-,20+/m1/s1. The van der Waals surface area contributed by atoms with Gasteiger partial charge in [-0.05, 0) is 24.3 Å². The van der Waals surface area contributed by atoms with Crippen molar-refractivity contribution in [1.29, 1.82) is 5.26 Å². The van der Waals surface area contributed by atoms with Gasteiger partial charge < -0.3 is 9.47 Å². The van der Waals surface area contributed by atoms with Crippen LogP contribution in [0.5, 0.6) is 11.5 Å². The van der Waals surface area contributed by atoms with Gasteiger partial charge in [0, 0.05) is 31.0 Å². The summed E-state index contributed by atoms with van der Waals surface area (Å²) in [5, 5.41) is 9.02. The topological polar surface area (TPSA) is 123 Å². The zero-order valence-corrected chi connectivity index (χ0v) is 19.0. The summed E-state index contributed by atoms with van der Waals surface area (Å²) >= 11 is 3.14. The van der Waals surface area contributed by atoms with Crippen molar-refractivity contribution in [2.45, 2.75) is 35.8 Å². The first kappa shape index (κ1) is 23.6. The van der Waals surface area contributed by atoms with Crippen molar-refractivity contribution in [1.82, 2.24) is 4.72 Å². The van der Waals surface area contributed by atoms with Gasteiger partial charge in [0.2, 0.25) is 5.91 Å². The predicted octanol–water partition coefficient (Wildman–Crippen LogP) is 3.71. The molecule has 0 radical (unpaired) electrons. The molecule has 1 amide bonds. The van der Waals surface area contributed by atoms with E-state index < -0.39 is 49.7 Å². The highest BCUT2D eigenvalue weighted by Gasteiger charge is 2.47. The van der Waals surface area contributed by atoms with Crippen LogP contribution < -0.4 is 9.46 Å². The lowest BCUT2D eigenvalue weighted by Crippen LogP contribution is -2.29. The number of nitrogens with one attached hydrogen (secondary N) is 1. The molecule has 12 heteroatoms. The average Bonchev–Trinajstić information content (AvgIpc) is 2.92. The molecule has 168 valence electrons. The Morgan fingerprint density at radius 3 is 2.47 bits per heavy atom. The summed E-state index contributed by atoms with van der Waals surface area (Å²) in [4.78, 5) is 21.3. The third-order valence-electron chi connectivity index (χ3n) is 4.43. The van der Waals surface area contributed by atoms with Gasteiger partial charge in [-0.25, -0.2) is 21.9 Å². The molecule has 0 aromatic heterocycles. The summed E-state index contributed by atoms with van der Waals surface area (Å²) in [5.41, 5.74) is -0.256. The van der Waals surface area contributed by atoms with Gasteiger partial charge in [0.05, 0.1) is 21.4 Å². The largest absolute Gasteiger partial charge is 0.457 e. The Morgan fingerprint density at radius 1 is 1.19 bits per heavy atom. The van der Waals surface area contributed by atoms with Crippen LogP contribution in [0, 0.1) is 17.1 Å².